The number of ether oxygens (including phenoxy) is 1. The summed E-state index contributed by atoms with van der Waals surface area (Å²) in [5, 5.41) is 0. The number of carbonyl (C=O) groups excluding carboxylic acids is 3. The van der Waals surface area contributed by atoms with E-state index in [1.54, 1.807) is 24.3 Å². The van der Waals surface area contributed by atoms with Crippen molar-refractivity contribution in [1.82, 2.24) is 15.8 Å². The molecule has 0 aliphatic heterocycles. The van der Waals surface area contributed by atoms with Crippen molar-refractivity contribution in [2.24, 2.45) is 0 Å². The molecule has 8 nitrogen and oxygen atoms in total. The number of rotatable bonds is 7. The molecule has 0 unspecified atom stereocenters. The molecule has 2 aromatic rings. The summed E-state index contributed by atoms with van der Waals surface area (Å²) in [6.45, 7) is 5.32. The van der Waals surface area contributed by atoms with Gasteiger partial charge in [0.1, 0.15) is 5.69 Å². The lowest BCUT2D eigenvalue weighted by Crippen LogP contribution is -2.43. The molecule has 1 aromatic heterocycles. The molecule has 1 heterocycles. The normalized spacial score (nSPS) is 10.0. The highest BCUT2D eigenvalue weighted by atomic mass is 16.5. The standard InChI is InChI=1S/C19H22N4O4/c1-3-23(4-2)15-10-8-14(9-11-15)18(25)22-21-17(24)13-27-19(26)16-7-5-6-12-20-16/h5-12H,3-4,13H2,1-2H3,(H,21,24)(H,22,25). The number of pyridine rings is 1. The van der Waals surface area contributed by atoms with Gasteiger partial charge in [-0.1, -0.05) is 6.07 Å². The molecule has 2 N–H and O–H groups in total. The maximum Gasteiger partial charge on any atom is 0.357 e. The number of hydrazine groups is 1. The molecule has 0 atom stereocenters. The van der Waals surface area contributed by atoms with E-state index >= 15 is 0 Å². The first kappa shape index (κ1) is 19.9. The number of anilines is 1. The molecular formula is C19H22N4O4. The van der Waals surface area contributed by atoms with Crippen molar-refractivity contribution in [3.63, 3.8) is 0 Å². The Balaban J connectivity index is 1.79. The van der Waals surface area contributed by atoms with Gasteiger partial charge < -0.3 is 9.64 Å². The number of nitrogens with zero attached hydrogens (tertiary/aromatic N) is 2. The SMILES string of the molecule is CCN(CC)c1ccc(C(=O)NNC(=O)COC(=O)c2ccccn2)cc1. The number of hydrogen-bond donors (Lipinski definition) is 2. The first-order valence-electron chi connectivity index (χ1n) is 8.57. The van der Waals surface area contributed by atoms with E-state index in [9.17, 15) is 14.4 Å². The molecule has 0 aliphatic carbocycles. The highest BCUT2D eigenvalue weighted by molar-refractivity contribution is 5.96. The van der Waals surface area contributed by atoms with Crippen LogP contribution < -0.4 is 15.8 Å². The van der Waals surface area contributed by atoms with Crippen LogP contribution in [0.3, 0.4) is 0 Å². The highest BCUT2D eigenvalue weighted by Gasteiger charge is 2.12. The molecule has 2 amide bonds. The van der Waals surface area contributed by atoms with Crippen molar-refractivity contribution in [3.05, 3.63) is 59.9 Å². The molecule has 8 heteroatoms. The van der Waals surface area contributed by atoms with E-state index in [1.807, 2.05) is 12.1 Å². The van der Waals surface area contributed by atoms with Crippen LogP contribution in [0.1, 0.15) is 34.7 Å². The largest absolute Gasteiger partial charge is 0.451 e. The maximum absolute atomic E-state index is 12.1. The summed E-state index contributed by atoms with van der Waals surface area (Å²) in [4.78, 5) is 41.4. The van der Waals surface area contributed by atoms with Gasteiger partial charge in [-0.25, -0.2) is 9.78 Å². The molecule has 0 saturated heterocycles. The van der Waals surface area contributed by atoms with Crippen molar-refractivity contribution in [2.45, 2.75) is 13.8 Å². The van der Waals surface area contributed by atoms with E-state index in [1.165, 1.54) is 12.3 Å². The average Bonchev–Trinajstić information content (AvgIpc) is 2.72. The van der Waals surface area contributed by atoms with Gasteiger partial charge in [-0.05, 0) is 50.2 Å². The van der Waals surface area contributed by atoms with Gasteiger partial charge in [-0.15, -0.1) is 0 Å². The van der Waals surface area contributed by atoms with Gasteiger partial charge >= 0.3 is 5.97 Å². The summed E-state index contributed by atoms with van der Waals surface area (Å²) in [6, 6.07) is 11.8. The Bertz CT molecular complexity index is 774. The lowest BCUT2D eigenvalue weighted by atomic mass is 10.2. The third-order valence-electron chi connectivity index (χ3n) is 3.78. The summed E-state index contributed by atoms with van der Waals surface area (Å²) in [5.74, 6) is -1.85. The minimum Gasteiger partial charge on any atom is -0.451 e. The third kappa shape index (κ3) is 5.81. The fourth-order valence-corrected chi connectivity index (χ4v) is 2.34. The van der Waals surface area contributed by atoms with Gasteiger partial charge in [-0.2, -0.15) is 0 Å². The maximum atomic E-state index is 12.1. The van der Waals surface area contributed by atoms with Gasteiger partial charge in [0.05, 0.1) is 0 Å². The number of benzene rings is 1. The van der Waals surface area contributed by atoms with Crippen LogP contribution in [0.15, 0.2) is 48.7 Å². The molecule has 0 saturated carbocycles. The Morgan fingerprint density at radius 3 is 2.30 bits per heavy atom. The molecule has 0 spiro atoms. The summed E-state index contributed by atoms with van der Waals surface area (Å²) >= 11 is 0. The van der Waals surface area contributed by atoms with Crippen LogP contribution in [-0.4, -0.2) is 42.5 Å². The Morgan fingerprint density at radius 1 is 1.00 bits per heavy atom. The molecule has 142 valence electrons. The van der Waals surface area contributed by atoms with Gasteiger partial charge in [0.15, 0.2) is 6.61 Å². The molecule has 0 fully saturated rings. The zero-order valence-electron chi connectivity index (χ0n) is 15.3. The van der Waals surface area contributed by atoms with Gasteiger partial charge in [0.2, 0.25) is 0 Å². The molecule has 2 rings (SSSR count). The van der Waals surface area contributed by atoms with E-state index in [-0.39, 0.29) is 5.69 Å². The average molecular weight is 370 g/mol. The van der Waals surface area contributed by atoms with Crippen LogP contribution in [0, 0.1) is 0 Å². The zero-order valence-corrected chi connectivity index (χ0v) is 15.3. The van der Waals surface area contributed by atoms with Crippen LogP contribution in [0.2, 0.25) is 0 Å². The van der Waals surface area contributed by atoms with Crippen LogP contribution in [0.25, 0.3) is 0 Å². The number of esters is 1. The van der Waals surface area contributed by atoms with E-state index in [0.29, 0.717) is 5.56 Å². The van der Waals surface area contributed by atoms with Crippen molar-refractivity contribution in [2.75, 3.05) is 24.6 Å². The number of hydrogen-bond acceptors (Lipinski definition) is 6. The first-order chi connectivity index (χ1) is 13.0. The molecule has 0 aliphatic rings. The summed E-state index contributed by atoms with van der Waals surface area (Å²) < 4.78 is 4.82. The monoisotopic (exact) mass is 370 g/mol. The molecule has 1 aromatic carbocycles. The topological polar surface area (TPSA) is 101 Å². The molecule has 0 bridgehead atoms. The fourth-order valence-electron chi connectivity index (χ4n) is 2.34. The second-order valence-electron chi connectivity index (χ2n) is 5.51. The highest BCUT2D eigenvalue weighted by Crippen LogP contribution is 2.14. The Morgan fingerprint density at radius 2 is 1.70 bits per heavy atom. The predicted octanol–water partition coefficient (Wildman–Crippen LogP) is 1.55. The predicted molar refractivity (Wildman–Crippen MR) is 100 cm³/mol. The second-order valence-corrected chi connectivity index (χ2v) is 5.51. The van der Waals surface area contributed by atoms with Gasteiger partial charge in [0, 0.05) is 30.5 Å². The Labute approximate surface area is 157 Å². The van der Waals surface area contributed by atoms with Crippen LogP contribution in [0.5, 0.6) is 0 Å². The van der Waals surface area contributed by atoms with E-state index in [0.717, 1.165) is 18.8 Å². The van der Waals surface area contributed by atoms with Gasteiger partial charge in [0.25, 0.3) is 11.8 Å². The number of aromatic nitrogens is 1. The minimum atomic E-state index is -0.718. The van der Waals surface area contributed by atoms with Gasteiger partial charge in [-0.3, -0.25) is 20.4 Å². The zero-order chi connectivity index (χ0) is 19.6. The lowest BCUT2D eigenvalue weighted by Gasteiger charge is -2.21. The molecular weight excluding hydrogens is 348 g/mol. The number of nitrogens with one attached hydrogen (secondary N) is 2. The van der Waals surface area contributed by atoms with Crippen molar-refractivity contribution < 1.29 is 19.1 Å². The van der Waals surface area contributed by atoms with Crippen molar-refractivity contribution >= 4 is 23.5 Å². The quantitative estimate of drug-likeness (QED) is 0.566. The van der Waals surface area contributed by atoms with E-state index in [2.05, 4.69) is 34.6 Å². The van der Waals surface area contributed by atoms with Crippen LogP contribution in [0.4, 0.5) is 5.69 Å². The smallest absolute Gasteiger partial charge is 0.357 e. The second kappa shape index (κ2) is 9.91. The molecule has 27 heavy (non-hydrogen) atoms. The number of amides is 2. The Hall–Kier alpha value is -3.42. The van der Waals surface area contributed by atoms with Crippen LogP contribution >= 0.6 is 0 Å². The summed E-state index contributed by atoms with van der Waals surface area (Å²) in [5.41, 5.74) is 6.00. The van der Waals surface area contributed by atoms with Crippen LogP contribution in [-0.2, 0) is 9.53 Å². The van der Waals surface area contributed by atoms with E-state index < -0.39 is 24.4 Å². The minimum absolute atomic E-state index is 0.0997. The lowest BCUT2D eigenvalue weighted by molar-refractivity contribution is -0.125. The number of carbonyl (C=O) groups is 3. The fraction of sp³-hybridized carbons (Fsp3) is 0.263. The molecule has 0 radical (unpaired) electrons. The van der Waals surface area contributed by atoms with Crippen molar-refractivity contribution in [1.29, 1.82) is 0 Å². The summed E-state index contributed by atoms with van der Waals surface area (Å²) in [7, 11) is 0. The first-order valence-corrected chi connectivity index (χ1v) is 8.57. The van der Waals surface area contributed by atoms with E-state index in [4.69, 9.17) is 4.74 Å². The third-order valence-corrected chi connectivity index (χ3v) is 3.78. The van der Waals surface area contributed by atoms with Crippen molar-refractivity contribution in [3.8, 4) is 0 Å². The Kier molecular flexibility index (Phi) is 7.30. The summed E-state index contributed by atoms with van der Waals surface area (Å²) in [6.07, 6.45) is 1.45.